The zero-order valence-electron chi connectivity index (χ0n) is 16.6. The summed E-state index contributed by atoms with van der Waals surface area (Å²) >= 11 is 1.38. The average molecular weight is 413 g/mol. The summed E-state index contributed by atoms with van der Waals surface area (Å²) in [6, 6.07) is 9.64. The van der Waals surface area contributed by atoms with Crippen molar-refractivity contribution < 1.29 is 13.9 Å². The first-order valence-corrected chi connectivity index (χ1v) is 10.7. The molecule has 1 aliphatic rings. The molecule has 1 saturated heterocycles. The van der Waals surface area contributed by atoms with E-state index in [9.17, 15) is 4.79 Å². The summed E-state index contributed by atoms with van der Waals surface area (Å²) in [5, 5.41) is 12.3. The van der Waals surface area contributed by atoms with Gasteiger partial charge in [0, 0.05) is 12.3 Å². The van der Waals surface area contributed by atoms with E-state index in [0.717, 1.165) is 47.8 Å². The number of amides is 1. The highest BCUT2D eigenvalue weighted by molar-refractivity contribution is 7.99. The monoisotopic (exact) mass is 412 g/mol. The summed E-state index contributed by atoms with van der Waals surface area (Å²) in [7, 11) is 0. The molecule has 0 aliphatic carbocycles. The SMILES string of the molecule is Cc1ccc(NC(=O)CSc2nnc(-c3ccoc3C)n2CC2CCCO2)cc1. The van der Waals surface area contributed by atoms with Crippen molar-refractivity contribution in [2.45, 2.75) is 44.5 Å². The van der Waals surface area contributed by atoms with Crippen LogP contribution in [0, 0.1) is 13.8 Å². The molecule has 0 bridgehead atoms. The second kappa shape index (κ2) is 8.84. The molecule has 1 fully saturated rings. The number of furan rings is 1. The van der Waals surface area contributed by atoms with Crippen molar-refractivity contribution in [3.63, 3.8) is 0 Å². The van der Waals surface area contributed by atoms with Crippen LogP contribution in [0.5, 0.6) is 0 Å². The van der Waals surface area contributed by atoms with Gasteiger partial charge in [0.2, 0.25) is 5.91 Å². The van der Waals surface area contributed by atoms with Gasteiger partial charge in [0.25, 0.3) is 0 Å². The summed E-state index contributed by atoms with van der Waals surface area (Å²) < 4.78 is 13.3. The lowest BCUT2D eigenvalue weighted by atomic mass is 10.2. The first-order chi connectivity index (χ1) is 14.1. The van der Waals surface area contributed by atoms with Gasteiger partial charge in [0.1, 0.15) is 5.76 Å². The fourth-order valence-electron chi connectivity index (χ4n) is 3.33. The maximum absolute atomic E-state index is 12.4. The van der Waals surface area contributed by atoms with E-state index in [1.807, 2.05) is 48.7 Å². The van der Waals surface area contributed by atoms with Crippen LogP contribution in [0.2, 0.25) is 0 Å². The summed E-state index contributed by atoms with van der Waals surface area (Å²) in [4.78, 5) is 12.4. The van der Waals surface area contributed by atoms with Crippen molar-refractivity contribution in [1.29, 1.82) is 0 Å². The maximum atomic E-state index is 12.4. The lowest BCUT2D eigenvalue weighted by Gasteiger charge is -2.14. The van der Waals surface area contributed by atoms with Gasteiger partial charge in [-0.15, -0.1) is 10.2 Å². The Bertz CT molecular complexity index is 974. The van der Waals surface area contributed by atoms with E-state index in [2.05, 4.69) is 15.5 Å². The van der Waals surface area contributed by atoms with Crippen molar-refractivity contribution in [3.05, 3.63) is 47.9 Å². The van der Waals surface area contributed by atoms with E-state index < -0.39 is 0 Å². The van der Waals surface area contributed by atoms with Gasteiger partial charge in [-0.3, -0.25) is 9.36 Å². The van der Waals surface area contributed by atoms with Crippen molar-refractivity contribution in [1.82, 2.24) is 14.8 Å². The first-order valence-electron chi connectivity index (χ1n) is 9.69. The van der Waals surface area contributed by atoms with E-state index in [4.69, 9.17) is 9.15 Å². The molecule has 1 amide bonds. The number of aromatic nitrogens is 3. The predicted octanol–water partition coefficient (Wildman–Crippen LogP) is 4.06. The summed E-state index contributed by atoms with van der Waals surface area (Å²) in [6.45, 7) is 5.37. The Labute approximate surface area is 173 Å². The van der Waals surface area contributed by atoms with E-state index in [1.54, 1.807) is 6.26 Å². The van der Waals surface area contributed by atoms with Crippen LogP contribution in [0.3, 0.4) is 0 Å². The number of nitrogens with zero attached hydrogens (tertiary/aromatic N) is 3. The Hall–Kier alpha value is -2.58. The van der Waals surface area contributed by atoms with E-state index >= 15 is 0 Å². The van der Waals surface area contributed by atoms with Gasteiger partial charge in [-0.1, -0.05) is 29.5 Å². The van der Waals surface area contributed by atoms with Crippen LogP contribution in [-0.4, -0.2) is 39.1 Å². The Kier molecular flexibility index (Phi) is 6.01. The minimum absolute atomic E-state index is 0.0773. The zero-order chi connectivity index (χ0) is 20.2. The molecule has 152 valence electrons. The molecule has 1 unspecified atom stereocenters. The van der Waals surface area contributed by atoms with Crippen LogP contribution >= 0.6 is 11.8 Å². The fourth-order valence-corrected chi connectivity index (χ4v) is 4.08. The molecule has 4 rings (SSSR count). The van der Waals surface area contributed by atoms with Crippen LogP contribution in [-0.2, 0) is 16.1 Å². The van der Waals surface area contributed by atoms with E-state index in [1.165, 1.54) is 11.8 Å². The van der Waals surface area contributed by atoms with Gasteiger partial charge < -0.3 is 14.5 Å². The molecule has 8 heteroatoms. The Morgan fingerprint density at radius 2 is 2.07 bits per heavy atom. The highest BCUT2D eigenvalue weighted by Crippen LogP contribution is 2.29. The Morgan fingerprint density at radius 3 is 2.76 bits per heavy atom. The molecule has 2 aromatic heterocycles. The number of benzene rings is 1. The fraction of sp³-hybridized carbons (Fsp3) is 0.381. The van der Waals surface area contributed by atoms with Crippen molar-refractivity contribution >= 4 is 23.4 Å². The maximum Gasteiger partial charge on any atom is 0.234 e. The third kappa shape index (κ3) is 4.71. The number of carbonyl (C=O) groups excluding carboxylic acids is 1. The van der Waals surface area contributed by atoms with Crippen molar-refractivity contribution in [3.8, 4) is 11.4 Å². The smallest absolute Gasteiger partial charge is 0.234 e. The molecular formula is C21H24N4O3S. The topological polar surface area (TPSA) is 82.2 Å². The molecule has 0 saturated carbocycles. The predicted molar refractivity (Wildman–Crippen MR) is 112 cm³/mol. The van der Waals surface area contributed by atoms with Crippen LogP contribution in [0.15, 0.2) is 46.2 Å². The summed E-state index contributed by atoms with van der Waals surface area (Å²) in [6.07, 6.45) is 3.86. The highest BCUT2D eigenvalue weighted by atomic mass is 32.2. The van der Waals surface area contributed by atoms with E-state index in [-0.39, 0.29) is 17.8 Å². The molecule has 1 atom stereocenters. The van der Waals surface area contributed by atoms with Gasteiger partial charge in [-0.2, -0.15) is 0 Å². The Morgan fingerprint density at radius 1 is 1.24 bits per heavy atom. The van der Waals surface area contributed by atoms with Crippen LogP contribution in [0.4, 0.5) is 5.69 Å². The number of rotatable bonds is 7. The highest BCUT2D eigenvalue weighted by Gasteiger charge is 2.23. The minimum atomic E-state index is -0.0773. The number of nitrogens with one attached hydrogen (secondary N) is 1. The zero-order valence-corrected chi connectivity index (χ0v) is 17.4. The average Bonchev–Trinajstić information content (AvgIpc) is 3.44. The number of thioether (sulfide) groups is 1. The van der Waals surface area contributed by atoms with Gasteiger partial charge in [0.15, 0.2) is 11.0 Å². The second-order valence-corrected chi connectivity index (χ2v) is 8.09. The summed E-state index contributed by atoms with van der Waals surface area (Å²) in [5.41, 5.74) is 2.85. The molecule has 0 spiro atoms. The third-order valence-electron chi connectivity index (χ3n) is 4.89. The molecule has 1 N–H and O–H groups in total. The number of hydrogen-bond donors (Lipinski definition) is 1. The second-order valence-electron chi connectivity index (χ2n) is 7.15. The minimum Gasteiger partial charge on any atom is -0.469 e. The van der Waals surface area contributed by atoms with Gasteiger partial charge >= 0.3 is 0 Å². The van der Waals surface area contributed by atoms with Gasteiger partial charge in [-0.05, 0) is 44.9 Å². The standard InChI is InChI=1S/C21H24N4O3S/c1-14-5-7-16(8-6-14)22-19(26)13-29-21-24-23-20(18-9-11-27-15(18)2)25(21)12-17-4-3-10-28-17/h5-9,11,17H,3-4,10,12-13H2,1-2H3,(H,22,26). The molecule has 1 aromatic carbocycles. The van der Waals surface area contributed by atoms with Crippen LogP contribution in [0.1, 0.15) is 24.2 Å². The van der Waals surface area contributed by atoms with Crippen LogP contribution in [0.25, 0.3) is 11.4 Å². The normalized spacial score (nSPS) is 16.3. The van der Waals surface area contributed by atoms with E-state index in [0.29, 0.717) is 11.7 Å². The van der Waals surface area contributed by atoms with Gasteiger partial charge in [0.05, 0.1) is 30.2 Å². The third-order valence-corrected chi connectivity index (χ3v) is 5.86. The molecule has 1 aliphatic heterocycles. The number of carbonyl (C=O) groups is 1. The Balaban J connectivity index is 1.48. The van der Waals surface area contributed by atoms with Crippen molar-refractivity contribution in [2.75, 3.05) is 17.7 Å². The molecule has 3 heterocycles. The summed E-state index contributed by atoms with van der Waals surface area (Å²) in [5.74, 6) is 1.71. The number of anilines is 1. The lowest BCUT2D eigenvalue weighted by Crippen LogP contribution is -2.18. The molecule has 0 radical (unpaired) electrons. The molecule has 3 aromatic rings. The molecular weight excluding hydrogens is 388 g/mol. The number of ether oxygens (including phenoxy) is 1. The largest absolute Gasteiger partial charge is 0.469 e. The molecule has 29 heavy (non-hydrogen) atoms. The first kappa shape index (κ1) is 19.7. The number of aryl methyl sites for hydroxylation is 2. The molecule has 7 nitrogen and oxygen atoms in total. The van der Waals surface area contributed by atoms with Crippen molar-refractivity contribution in [2.24, 2.45) is 0 Å². The lowest BCUT2D eigenvalue weighted by molar-refractivity contribution is -0.113. The van der Waals surface area contributed by atoms with Gasteiger partial charge in [-0.25, -0.2) is 0 Å². The van der Waals surface area contributed by atoms with Crippen LogP contribution < -0.4 is 5.32 Å². The number of hydrogen-bond acceptors (Lipinski definition) is 6. The quantitative estimate of drug-likeness (QED) is 0.589.